The largest absolute Gasteiger partial charge is 0.497 e. The van der Waals surface area contributed by atoms with Gasteiger partial charge in [-0.3, -0.25) is 4.79 Å². The lowest BCUT2D eigenvalue weighted by Crippen LogP contribution is -2.06. The highest BCUT2D eigenvalue weighted by molar-refractivity contribution is 6.10. The van der Waals surface area contributed by atoms with E-state index in [4.69, 9.17) is 9.15 Å². The molecule has 0 unspecified atom stereocenters. The molecule has 0 N–H and O–H groups in total. The van der Waals surface area contributed by atoms with E-state index in [9.17, 15) is 9.18 Å². The quantitative estimate of drug-likeness (QED) is 0.794. The van der Waals surface area contributed by atoms with Gasteiger partial charge in [0.2, 0.25) is 0 Å². The van der Waals surface area contributed by atoms with Crippen molar-refractivity contribution in [2.45, 2.75) is 20.8 Å². The van der Waals surface area contributed by atoms with Crippen molar-refractivity contribution < 1.29 is 18.3 Å². The van der Waals surface area contributed by atoms with Crippen LogP contribution in [0.5, 0.6) is 5.75 Å². The maximum atomic E-state index is 13.9. The molecule has 0 radical (unpaired) electrons. The normalized spacial score (nSPS) is 10.6. The van der Waals surface area contributed by atoms with Crippen molar-refractivity contribution >= 4 is 5.78 Å². The van der Waals surface area contributed by atoms with Crippen LogP contribution in [-0.4, -0.2) is 12.9 Å². The van der Waals surface area contributed by atoms with Crippen molar-refractivity contribution in [2.75, 3.05) is 7.11 Å². The van der Waals surface area contributed by atoms with E-state index in [0.29, 0.717) is 22.8 Å². The lowest BCUT2D eigenvalue weighted by atomic mass is 9.99. The van der Waals surface area contributed by atoms with Gasteiger partial charge in [-0.1, -0.05) is 0 Å². The van der Waals surface area contributed by atoms with Gasteiger partial charge in [-0.15, -0.1) is 0 Å². The molecule has 0 spiro atoms. The zero-order valence-electron chi connectivity index (χ0n) is 11.3. The number of halogens is 1. The molecule has 1 aromatic heterocycles. The molecule has 0 atom stereocenters. The number of aryl methyl sites for hydroxylation is 2. The Labute approximate surface area is 111 Å². The van der Waals surface area contributed by atoms with Gasteiger partial charge in [0, 0.05) is 11.6 Å². The minimum absolute atomic E-state index is 0.0211. The summed E-state index contributed by atoms with van der Waals surface area (Å²) in [5.41, 5.74) is 1.20. The predicted octanol–water partition coefficient (Wildman–Crippen LogP) is 3.58. The Kier molecular flexibility index (Phi) is 3.42. The summed E-state index contributed by atoms with van der Waals surface area (Å²) in [5, 5.41) is 0. The van der Waals surface area contributed by atoms with Gasteiger partial charge in [-0.2, -0.15) is 0 Å². The second-order valence-corrected chi connectivity index (χ2v) is 4.39. The van der Waals surface area contributed by atoms with E-state index in [1.807, 2.05) is 0 Å². The summed E-state index contributed by atoms with van der Waals surface area (Å²) in [6.45, 7) is 5.28. The molecular weight excluding hydrogens is 247 g/mol. The van der Waals surface area contributed by atoms with Crippen LogP contribution in [0.3, 0.4) is 0 Å². The van der Waals surface area contributed by atoms with Crippen LogP contribution >= 0.6 is 0 Å². The molecule has 0 saturated heterocycles. The molecule has 2 rings (SSSR count). The molecule has 0 amide bonds. The van der Waals surface area contributed by atoms with Crippen LogP contribution in [0.2, 0.25) is 0 Å². The monoisotopic (exact) mass is 262 g/mol. The van der Waals surface area contributed by atoms with E-state index in [1.165, 1.54) is 19.2 Å². The van der Waals surface area contributed by atoms with Gasteiger partial charge in [0.1, 0.15) is 23.1 Å². The van der Waals surface area contributed by atoms with Crippen molar-refractivity contribution in [1.82, 2.24) is 0 Å². The molecule has 2 aromatic rings. The van der Waals surface area contributed by atoms with E-state index in [0.717, 1.165) is 5.56 Å². The molecule has 0 bridgehead atoms. The molecule has 0 aliphatic heterocycles. The lowest BCUT2D eigenvalue weighted by Gasteiger charge is -2.05. The lowest BCUT2D eigenvalue weighted by molar-refractivity contribution is 0.103. The van der Waals surface area contributed by atoms with Gasteiger partial charge in [-0.05, 0) is 32.9 Å². The van der Waals surface area contributed by atoms with Crippen LogP contribution in [0.1, 0.15) is 33.0 Å². The first-order valence-electron chi connectivity index (χ1n) is 5.90. The summed E-state index contributed by atoms with van der Waals surface area (Å²) in [4.78, 5) is 12.4. The molecular formula is C15H15FO3. The fraction of sp³-hybridized carbons (Fsp3) is 0.267. The Hall–Kier alpha value is -2.10. The number of hydrogen-bond acceptors (Lipinski definition) is 3. The van der Waals surface area contributed by atoms with Gasteiger partial charge >= 0.3 is 0 Å². The third kappa shape index (κ3) is 2.26. The number of ether oxygens (including phenoxy) is 1. The number of benzene rings is 1. The molecule has 3 nitrogen and oxygen atoms in total. The van der Waals surface area contributed by atoms with E-state index in [1.54, 1.807) is 26.8 Å². The Morgan fingerprint density at radius 1 is 1.21 bits per heavy atom. The third-order valence-electron chi connectivity index (χ3n) is 3.21. The van der Waals surface area contributed by atoms with E-state index < -0.39 is 5.82 Å². The minimum atomic E-state index is -0.595. The number of carbonyl (C=O) groups is 1. The third-order valence-corrected chi connectivity index (χ3v) is 3.21. The van der Waals surface area contributed by atoms with Crippen LogP contribution in [-0.2, 0) is 0 Å². The first-order valence-corrected chi connectivity index (χ1v) is 5.90. The van der Waals surface area contributed by atoms with Crippen molar-refractivity contribution in [3.63, 3.8) is 0 Å². The molecule has 19 heavy (non-hydrogen) atoms. The fourth-order valence-electron chi connectivity index (χ4n) is 2.07. The Morgan fingerprint density at radius 2 is 1.89 bits per heavy atom. The molecule has 4 heteroatoms. The molecule has 1 aromatic carbocycles. The summed E-state index contributed by atoms with van der Waals surface area (Å²) < 4.78 is 24.2. The fourth-order valence-corrected chi connectivity index (χ4v) is 2.07. The van der Waals surface area contributed by atoms with Crippen LogP contribution in [0.25, 0.3) is 0 Å². The number of hydrogen-bond donors (Lipinski definition) is 0. The highest BCUT2D eigenvalue weighted by Crippen LogP contribution is 2.26. The minimum Gasteiger partial charge on any atom is -0.497 e. The molecule has 1 heterocycles. The van der Waals surface area contributed by atoms with E-state index in [-0.39, 0.29) is 11.3 Å². The topological polar surface area (TPSA) is 39.4 Å². The zero-order valence-corrected chi connectivity index (χ0v) is 11.3. The van der Waals surface area contributed by atoms with Gasteiger partial charge in [0.25, 0.3) is 0 Å². The number of methoxy groups -OCH3 is 1. The van der Waals surface area contributed by atoms with Gasteiger partial charge in [0.05, 0.1) is 18.2 Å². The average molecular weight is 262 g/mol. The SMILES string of the molecule is COc1ccc(C(=O)c2c(C)oc(C)c2C)c(F)c1. The molecule has 0 fully saturated rings. The average Bonchev–Trinajstić information content (AvgIpc) is 2.62. The molecule has 0 aliphatic rings. The Balaban J connectivity index is 2.50. The van der Waals surface area contributed by atoms with Crippen molar-refractivity contribution in [3.8, 4) is 5.75 Å². The van der Waals surface area contributed by atoms with Crippen LogP contribution in [0.4, 0.5) is 4.39 Å². The zero-order chi connectivity index (χ0) is 14.2. The Morgan fingerprint density at radius 3 is 2.37 bits per heavy atom. The van der Waals surface area contributed by atoms with Gasteiger partial charge < -0.3 is 9.15 Å². The first kappa shape index (κ1) is 13.3. The highest BCUT2D eigenvalue weighted by Gasteiger charge is 2.22. The summed E-state index contributed by atoms with van der Waals surface area (Å²) >= 11 is 0. The highest BCUT2D eigenvalue weighted by atomic mass is 19.1. The number of carbonyl (C=O) groups excluding carboxylic acids is 1. The number of rotatable bonds is 3. The maximum absolute atomic E-state index is 13.9. The summed E-state index contributed by atoms with van der Waals surface area (Å²) in [6.07, 6.45) is 0. The van der Waals surface area contributed by atoms with Crippen LogP contribution in [0.15, 0.2) is 22.6 Å². The first-order chi connectivity index (χ1) is 8.95. The molecule has 100 valence electrons. The van der Waals surface area contributed by atoms with Crippen LogP contribution in [0, 0.1) is 26.6 Å². The van der Waals surface area contributed by atoms with E-state index >= 15 is 0 Å². The van der Waals surface area contributed by atoms with E-state index in [2.05, 4.69) is 0 Å². The Bertz CT molecular complexity index is 641. The van der Waals surface area contributed by atoms with Crippen molar-refractivity contribution in [3.05, 3.63) is 52.2 Å². The summed E-state index contributed by atoms with van der Waals surface area (Å²) in [6, 6.07) is 4.19. The van der Waals surface area contributed by atoms with Crippen molar-refractivity contribution in [1.29, 1.82) is 0 Å². The number of furan rings is 1. The summed E-state index contributed by atoms with van der Waals surface area (Å²) in [7, 11) is 1.45. The second-order valence-electron chi connectivity index (χ2n) is 4.39. The van der Waals surface area contributed by atoms with Gasteiger partial charge in [0.15, 0.2) is 5.78 Å². The second kappa shape index (κ2) is 4.88. The van der Waals surface area contributed by atoms with Crippen molar-refractivity contribution in [2.24, 2.45) is 0 Å². The summed E-state index contributed by atoms with van der Waals surface area (Å²) in [5.74, 6) is 0.602. The smallest absolute Gasteiger partial charge is 0.199 e. The molecule has 0 aliphatic carbocycles. The van der Waals surface area contributed by atoms with Gasteiger partial charge in [-0.25, -0.2) is 4.39 Å². The van der Waals surface area contributed by atoms with Crippen LogP contribution < -0.4 is 4.74 Å². The molecule has 0 saturated carbocycles. The predicted molar refractivity (Wildman–Crippen MR) is 69.3 cm³/mol. The standard InChI is InChI=1S/C15H15FO3/c1-8-9(2)19-10(3)14(8)15(17)12-6-5-11(18-4)7-13(12)16/h5-7H,1-4H3. The maximum Gasteiger partial charge on any atom is 0.199 e. The number of ketones is 1.